The summed E-state index contributed by atoms with van der Waals surface area (Å²) in [4.78, 5) is 35.5. The second kappa shape index (κ2) is 10.2. The maximum atomic E-state index is 12.8. The number of pyridine rings is 1. The number of hydrogen-bond donors (Lipinski definition) is 2. The van der Waals surface area contributed by atoms with Gasteiger partial charge in [-0.3, -0.25) is 9.59 Å². The van der Waals surface area contributed by atoms with Crippen molar-refractivity contribution in [2.75, 3.05) is 25.0 Å². The summed E-state index contributed by atoms with van der Waals surface area (Å²) >= 11 is 0. The molecule has 30 heavy (non-hydrogen) atoms. The average Bonchev–Trinajstić information content (AvgIpc) is 2.80. The van der Waals surface area contributed by atoms with Crippen LogP contribution in [0.1, 0.15) is 52.5 Å². The van der Waals surface area contributed by atoms with E-state index in [4.69, 9.17) is 5.26 Å². The van der Waals surface area contributed by atoms with Crippen molar-refractivity contribution in [1.29, 1.82) is 5.26 Å². The van der Waals surface area contributed by atoms with Crippen molar-refractivity contribution < 1.29 is 9.59 Å². The quantitative estimate of drug-likeness (QED) is 0.568. The van der Waals surface area contributed by atoms with Crippen LogP contribution >= 0.6 is 0 Å². The molecule has 1 saturated heterocycles. The van der Waals surface area contributed by atoms with E-state index in [-0.39, 0.29) is 11.8 Å². The number of nitrogens with one attached hydrogen (secondary N) is 2. The zero-order chi connectivity index (χ0) is 21.3. The third-order valence-corrected chi connectivity index (χ3v) is 4.76. The molecule has 0 radical (unpaired) electrons. The summed E-state index contributed by atoms with van der Waals surface area (Å²) in [5.74, 6) is 0.0954. The molecule has 154 valence electrons. The zero-order valence-corrected chi connectivity index (χ0v) is 16.9. The predicted molar refractivity (Wildman–Crippen MR) is 115 cm³/mol. The molecule has 2 aromatic rings. The lowest BCUT2D eigenvalue weighted by atomic mass is 10.1. The standard InChI is InChI=1S/C22H24N6O2/c1-2-24-20-19(12-18(14-25-20)22(30)28-9-4-3-5-10-28)26-15-27-21(29)17-8-6-7-16(11-17)13-23/h6-8,11-12,14-15H,2-5,9-10H2,1H3,(H,24,25)(H,26,27,29). The molecule has 1 aliphatic rings. The number of benzene rings is 1. The molecule has 0 atom stereocenters. The van der Waals surface area contributed by atoms with Crippen LogP contribution in [0.25, 0.3) is 0 Å². The summed E-state index contributed by atoms with van der Waals surface area (Å²) in [6.07, 6.45) is 6.00. The fourth-order valence-electron chi connectivity index (χ4n) is 3.23. The Balaban J connectivity index is 1.76. The van der Waals surface area contributed by atoms with Gasteiger partial charge in [0.15, 0.2) is 5.82 Å². The number of hydrogen-bond acceptors (Lipinski definition) is 6. The van der Waals surface area contributed by atoms with Crippen LogP contribution in [-0.4, -0.2) is 47.7 Å². The largest absolute Gasteiger partial charge is 0.369 e. The number of likely N-dealkylation sites (tertiary alicyclic amines) is 1. The summed E-state index contributed by atoms with van der Waals surface area (Å²) in [5, 5.41) is 14.7. The van der Waals surface area contributed by atoms with Crippen LogP contribution in [0.3, 0.4) is 0 Å². The van der Waals surface area contributed by atoms with Crippen LogP contribution in [0.15, 0.2) is 41.5 Å². The summed E-state index contributed by atoms with van der Waals surface area (Å²) in [7, 11) is 0. The summed E-state index contributed by atoms with van der Waals surface area (Å²) in [6, 6.07) is 10.1. The van der Waals surface area contributed by atoms with Gasteiger partial charge in [0, 0.05) is 31.4 Å². The SMILES string of the molecule is CCNc1ncc(C(=O)N2CCCCC2)cc1N=CNC(=O)c1cccc(C#N)c1. The Kier molecular flexibility index (Phi) is 7.11. The second-order valence-electron chi connectivity index (χ2n) is 6.90. The third kappa shape index (κ3) is 5.20. The summed E-state index contributed by atoms with van der Waals surface area (Å²) in [6.45, 7) is 4.09. The van der Waals surface area contributed by atoms with Crippen molar-refractivity contribution in [3.8, 4) is 6.07 Å². The van der Waals surface area contributed by atoms with Crippen molar-refractivity contribution in [3.05, 3.63) is 53.2 Å². The van der Waals surface area contributed by atoms with Crippen LogP contribution in [0, 0.1) is 11.3 Å². The molecule has 2 N–H and O–H groups in total. The Hall–Kier alpha value is -3.73. The van der Waals surface area contributed by atoms with Gasteiger partial charge in [-0.2, -0.15) is 5.26 Å². The molecule has 0 saturated carbocycles. The number of amides is 2. The smallest absolute Gasteiger partial charge is 0.256 e. The van der Waals surface area contributed by atoms with E-state index in [2.05, 4.69) is 20.6 Å². The zero-order valence-electron chi connectivity index (χ0n) is 16.9. The molecule has 8 heteroatoms. The van der Waals surface area contributed by atoms with Gasteiger partial charge in [0.2, 0.25) is 0 Å². The molecular formula is C22H24N6O2. The Morgan fingerprint density at radius 2 is 2.03 bits per heavy atom. The molecule has 1 aromatic carbocycles. The van der Waals surface area contributed by atoms with Crippen molar-refractivity contribution in [2.45, 2.75) is 26.2 Å². The highest BCUT2D eigenvalue weighted by molar-refractivity contribution is 6.01. The number of aliphatic imine (C=N–C) groups is 1. The van der Waals surface area contributed by atoms with E-state index in [1.165, 1.54) is 12.4 Å². The highest BCUT2D eigenvalue weighted by Crippen LogP contribution is 2.24. The van der Waals surface area contributed by atoms with Crippen LogP contribution in [0.5, 0.6) is 0 Å². The minimum absolute atomic E-state index is 0.0564. The van der Waals surface area contributed by atoms with Gasteiger partial charge in [-0.05, 0) is 50.5 Å². The molecule has 0 spiro atoms. The predicted octanol–water partition coefficient (Wildman–Crippen LogP) is 3.10. The van der Waals surface area contributed by atoms with Gasteiger partial charge in [0.25, 0.3) is 11.8 Å². The third-order valence-electron chi connectivity index (χ3n) is 4.76. The van der Waals surface area contributed by atoms with Crippen molar-refractivity contribution in [2.24, 2.45) is 4.99 Å². The van der Waals surface area contributed by atoms with Crippen molar-refractivity contribution in [3.63, 3.8) is 0 Å². The number of nitrogens with zero attached hydrogens (tertiary/aromatic N) is 4. The first-order chi connectivity index (χ1) is 14.6. The minimum atomic E-state index is -0.380. The van der Waals surface area contributed by atoms with Crippen LogP contribution < -0.4 is 10.6 Å². The van der Waals surface area contributed by atoms with Crippen LogP contribution in [-0.2, 0) is 0 Å². The highest BCUT2D eigenvalue weighted by Gasteiger charge is 2.19. The molecule has 2 heterocycles. The lowest BCUT2D eigenvalue weighted by molar-refractivity contribution is 0.0723. The van der Waals surface area contributed by atoms with E-state index in [0.717, 1.165) is 32.4 Å². The lowest BCUT2D eigenvalue weighted by Gasteiger charge is -2.26. The molecule has 1 aromatic heterocycles. The molecule has 0 bridgehead atoms. The molecule has 1 fully saturated rings. The first kappa shape index (κ1) is 21.0. The second-order valence-corrected chi connectivity index (χ2v) is 6.90. The first-order valence-corrected chi connectivity index (χ1v) is 9.99. The summed E-state index contributed by atoms with van der Waals surface area (Å²) < 4.78 is 0. The Bertz CT molecular complexity index is 989. The lowest BCUT2D eigenvalue weighted by Crippen LogP contribution is -2.35. The van der Waals surface area contributed by atoms with Crippen LogP contribution in [0.4, 0.5) is 11.5 Å². The van der Waals surface area contributed by atoms with Gasteiger partial charge in [-0.25, -0.2) is 9.98 Å². The highest BCUT2D eigenvalue weighted by atomic mass is 16.2. The van der Waals surface area contributed by atoms with E-state index in [1.54, 1.807) is 30.5 Å². The van der Waals surface area contributed by atoms with Crippen LogP contribution in [0.2, 0.25) is 0 Å². The van der Waals surface area contributed by atoms with Crippen molar-refractivity contribution >= 4 is 29.7 Å². The Morgan fingerprint density at radius 3 is 2.77 bits per heavy atom. The van der Waals surface area contributed by atoms with Gasteiger partial charge < -0.3 is 15.5 Å². The molecule has 2 amide bonds. The van der Waals surface area contributed by atoms with E-state index in [9.17, 15) is 9.59 Å². The normalized spacial score (nSPS) is 13.7. The van der Waals surface area contributed by atoms with E-state index >= 15 is 0 Å². The molecule has 1 aliphatic heterocycles. The number of nitriles is 1. The van der Waals surface area contributed by atoms with E-state index in [1.807, 2.05) is 17.9 Å². The van der Waals surface area contributed by atoms with Gasteiger partial charge in [0.05, 0.1) is 23.5 Å². The number of piperidine rings is 1. The Morgan fingerprint density at radius 1 is 1.23 bits per heavy atom. The van der Waals surface area contributed by atoms with Gasteiger partial charge in [-0.15, -0.1) is 0 Å². The molecular weight excluding hydrogens is 380 g/mol. The number of aromatic nitrogens is 1. The maximum absolute atomic E-state index is 12.8. The fourth-order valence-corrected chi connectivity index (χ4v) is 3.23. The van der Waals surface area contributed by atoms with Crippen molar-refractivity contribution in [1.82, 2.24) is 15.2 Å². The number of carbonyl (C=O) groups excluding carboxylic acids is 2. The van der Waals surface area contributed by atoms with Gasteiger partial charge in [0.1, 0.15) is 5.69 Å². The number of rotatable bonds is 6. The molecule has 0 aliphatic carbocycles. The topological polar surface area (TPSA) is 110 Å². The maximum Gasteiger partial charge on any atom is 0.256 e. The number of carbonyl (C=O) groups is 2. The average molecular weight is 404 g/mol. The first-order valence-electron chi connectivity index (χ1n) is 9.99. The minimum Gasteiger partial charge on any atom is -0.369 e. The van der Waals surface area contributed by atoms with E-state index in [0.29, 0.717) is 34.7 Å². The Labute approximate surface area is 175 Å². The van der Waals surface area contributed by atoms with Gasteiger partial charge in [-0.1, -0.05) is 6.07 Å². The summed E-state index contributed by atoms with van der Waals surface area (Å²) in [5.41, 5.74) is 1.70. The molecule has 3 rings (SSSR count). The number of anilines is 1. The van der Waals surface area contributed by atoms with Gasteiger partial charge >= 0.3 is 0 Å². The molecule has 0 unspecified atom stereocenters. The van der Waals surface area contributed by atoms with E-state index < -0.39 is 0 Å². The fraction of sp³-hybridized carbons (Fsp3) is 0.318. The monoisotopic (exact) mass is 404 g/mol. The molecule has 8 nitrogen and oxygen atoms in total.